The molecule has 3 aromatic rings. The summed E-state index contributed by atoms with van der Waals surface area (Å²) in [5.74, 6) is 2.24. The number of hydrogen-bond acceptors (Lipinski definition) is 7. The lowest BCUT2D eigenvalue weighted by molar-refractivity contribution is -0.0395. The molecule has 0 atom stereocenters. The SMILES string of the molecule is CC1(C)Cc2c(c(N3CCCC3)nc3sc4c(N5CCCC5)ncnc4c23)CO1. The van der Waals surface area contributed by atoms with E-state index in [0.717, 1.165) is 54.6 Å². The normalized spacial score (nSPS) is 21.4. The van der Waals surface area contributed by atoms with Crippen molar-refractivity contribution in [2.75, 3.05) is 36.0 Å². The van der Waals surface area contributed by atoms with Crippen molar-refractivity contribution in [1.29, 1.82) is 0 Å². The second-order valence-corrected chi connectivity index (χ2v) is 10.2. The molecule has 29 heavy (non-hydrogen) atoms. The molecule has 0 saturated carbocycles. The van der Waals surface area contributed by atoms with E-state index in [2.05, 4.69) is 28.6 Å². The molecular formula is C22H27N5OS. The molecule has 3 aliphatic heterocycles. The molecule has 0 spiro atoms. The van der Waals surface area contributed by atoms with Crippen LogP contribution < -0.4 is 9.80 Å². The number of aromatic nitrogens is 3. The largest absolute Gasteiger partial charge is 0.370 e. The van der Waals surface area contributed by atoms with Crippen LogP contribution in [-0.4, -0.2) is 46.7 Å². The number of fused-ring (bicyclic) bond motifs is 5. The van der Waals surface area contributed by atoms with E-state index in [9.17, 15) is 0 Å². The fourth-order valence-electron chi connectivity index (χ4n) is 5.12. The summed E-state index contributed by atoms with van der Waals surface area (Å²) in [6.07, 6.45) is 7.63. The van der Waals surface area contributed by atoms with E-state index in [1.165, 1.54) is 46.9 Å². The van der Waals surface area contributed by atoms with Gasteiger partial charge in [0.2, 0.25) is 0 Å². The third-order valence-electron chi connectivity index (χ3n) is 6.60. The Morgan fingerprint density at radius 2 is 1.62 bits per heavy atom. The van der Waals surface area contributed by atoms with Crippen LogP contribution in [0.2, 0.25) is 0 Å². The minimum Gasteiger partial charge on any atom is -0.370 e. The van der Waals surface area contributed by atoms with Crippen molar-refractivity contribution >= 4 is 43.4 Å². The summed E-state index contributed by atoms with van der Waals surface area (Å²) in [5.41, 5.74) is 3.59. The zero-order valence-electron chi connectivity index (χ0n) is 17.2. The van der Waals surface area contributed by atoms with Gasteiger partial charge in [-0.3, -0.25) is 0 Å². The van der Waals surface area contributed by atoms with Crippen LogP contribution in [0, 0.1) is 0 Å². The monoisotopic (exact) mass is 409 g/mol. The first-order chi connectivity index (χ1) is 14.1. The molecule has 7 heteroatoms. The maximum atomic E-state index is 6.23. The molecular weight excluding hydrogens is 382 g/mol. The molecule has 0 aliphatic carbocycles. The van der Waals surface area contributed by atoms with Gasteiger partial charge >= 0.3 is 0 Å². The summed E-state index contributed by atoms with van der Waals surface area (Å²) in [5, 5.41) is 1.24. The number of hydrogen-bond donors (Lipinski definition) is 0. The maximum Gasteiger partial charge on any atom is 0.150 e. The van der Waals surface area contributed by atoms with Crippen molar-refractivity contribution in [3.8, 4) is 0 Å². The van der Waals surface area contributed by atoms with E-state index >= 15 is 0 Å². The number of rotatable bonds is 2. The van der Waals surface area contributed by atoms with Crippen LogP contribution in [0.1, 0.15) is 50.7 Å². The predicted molar refractivity (Wildman–Crippen MR) is 118 cm³/mol. The Morgan fingerprint density at radius 1 is 0.931 bits per heavy atom. The fraction of sp³-hybridized carbons (Fsp3) is 0.591. The second kappa shape index (κ2) is 6.51. The molecule has 2 fully saturated rings. The standard InChI is InChI=1S/C22H27N5OS/c1-22(2)11-14-15(12-28-22)19(26-7-3-4-8-26)25-21-16(14)17-18(29-21)20(24-13-23-17)27-9-5-6-10-27/h13H,3-12H2,1-2H3. The molecule has 0 radical (unpaired) electrons. The highest BCUT2D eigenvalue weighted by atomic mass is 32.1. The quantitative estimate of drug-likeness (QED) is 0.629. The lowest BCUT2D eigenvalue weighted by Gasteiger charge is -2.34. The first-order valence-corrected chi connectivity index (χ1v) is 11.7. The highest BCUT2D eigenvalue weighted by Gasteiger charge is 2.33. The van der Waals surface area contributed by atoms with E-state index in [-0.39, 0.29) is 5.60 Å². The van der Waals surface area contributed by atoms with Crippen LogP contribution in [0.15, 0.2) is 6.33 Å². The Labute approximate surface area is 174 Å². The number of nitrogens with zero attached hydrogens (tertiary/aromatic N) is 5. The molecule has 0 amide bonds. The Kier molecular flexibility index (Phi) is 4.00. The Morgan fingerprint density at radius 3 is 2.34 bits per heavy atom. The molecule has 152 valence electrons. The fourth-order valence-corrected chi connectivity index (χ4v) is 6.29. The van der Waals surface area contributed by atoms with Crippen LogP contribution in [0.25, 0.3) is 20.4 Å². The summed E-state index contributed by atoms with van der Waals surface area (Å²) in [6, 6.07) is 0. The van der Waals surface area contributed by atoms with Gasteiger partial charge in [0.1, 0.15) is 22.8 Å². The number of pyridine rings is 1. The van der Waals surface area contributed by atoms with Gasteiger partial charge in [-0.2, -0.15) is 0 Å². The minimum atomic E-state index is -0.164. The molecule has 0 bridgehead atoms. The van der Waals surface area contributed by atoms with Crippen molar-refractivity contribution in [3.05, 3.63) is 17.5 Å². The van der Waals surface area contributed by atoms with Gasteiger partial charge in [-0.15, -0.1) is 11.3 Å². The molecule has 6 rings (SSSR count). The van der Waals surface area contributed by atoms with Crippen molar-refractivity contribution in [3.63, 3.8) is 0 Å². The van der Waals surface area contributed by atoms with Crippen LogP contribution >= 0.6 is 11.3 Å². The second-order valence-electron chi connectivity index (χ2n) is 9.16. The van der Waals surface area contributed by atoms with Crippen molar-refractivity contribution in [1.82, 2.24) is 15.0 Å². The predicted octanol–water partition coefficient (Wildman–Crippen LogP) is 4.29. The van der Waals surface area contributed by atoms with Gasteiger partial charge < -0.3 is 14.5 Å². The van der Waals surface area contributed by atoms with Crippen molar-refractivity contribution in [2.24, 2.45) is 0 Å². The summed E-state index contributed by atoms with van der Waals surface area (Å²) in [6.45, 7) is 9.39. The number of ether oxygens (including phenoxy) is 1. The van der Waals surface area contributed by atoms with Crippen LogP contribution in [0.4, 0.5) is 11.6 Å². The highest BCUT2D eigenvalue weighted by Crippen LogP contribution is 2.45. The van der Waals surface area contributed by atoms with Gasteiger partial charge in [0.25, 0.3) is 0 Å². The first-order valence-electron chi connectivity index (χ1n) is 10.8. The number of thiophene rings is 1. The van der Waals surface area contributed by atoms with Crippen LogP contribution in [-0.2, 0) is 17.8 Å². The topological polar surface area (TPSA) is 54.4 Å². The van der Waals surface area contributed by atoms with Crippen LogP contribution in [0.3, 0.4) is 0 Å². The van der Waals surface area contributed by atoms with Gasteiger partial charge in [-0.25, -0.2) is 15.0 Å². The third kappa shape index (κ3) is 2.81. The lowest BCUT2D eigenvalue weighted by atomic mass is 9.90. The van der Waals surface area contributed by atoms with E-state index in [1.54, 1.807) is 17.7 Å². The van der Waals surface area contributed by atoms with Gasteiger partial charge in [-0.05, 0) is 45.1 Å². The third-order valence-corrected chi connectivity index (χ3v) is 7.67. The Balaban J connectivity index is 1.63. The molecule has 0 unspecified atom stereocenters. The molecule has 2 saturated heterocycles. The molecule has 0 N–H and O–H groups in total. The summed E-state index contributed by atoms with van der Waals surface area (Å²) in [7, 11) is 0. The first kappa shape index (κ1) is 17.8. The summed E-state index contributed by atoms with van der Waals surface area (Å²) >= 11 is 1.78. The van der Waals surface area contributed by atoms with E-state index in [1.807, 2.05) is 0 Å². The molecule has 3 aromatic heterocycles. The van der Waals surface area contributed by atoms with Gasteiger partial charge in [0, 0.05) is 43.5 Å². The van der Waals surface area contributed by atoms with Crippen molar-refractivity contribution < 1.29 is 4.74 Å². The summed E-state index contributed by atoms with van der Waals surface area (Å²) < 4.78 is 7.43. The average Bonchev–Trinajstić information content (AvgIpc) is 3.45. The zero-order valence-corrected chi connectivity index (χ0v) is 18.0. The number of anilines is 2. The van der Waals surface area contributed by atoms with E-state index < -0.39 is 0 Å². The lowest BCUT2D eigenvalue weighted by Crippen LogP contribution is -2.33. The van der Waals surface area contributed by atoms with Gasteiger partial charge in [-0.1, -0.05) is 0 Å². The molecule has 6 nitrogen and oxygen atoms in total. The average molecular weight is 410 g/mol. The maximum absolute atomic E-state index is 6.23. The summed E-state index contributed by atoms with van der Waals surface area (Å²) in [4.78, 5) is 20.6. The minimum absolute atomic E-state index is 0.164. The van der Waals surface area contributed by atoms with Gasteiger partial charge in [0.15, 0.2) is 0 Å². The van der Waals surface area contributed by atoms with Crippen molar-refractivity contribution in [2.45, 2.75) is 58.2 Å². The zero-order chi connectivity index (χ0) is 19.6. The highest BCUT2D eigenvalue weighted by molar-refractivity contribution is 7.26. The van der Waals surface area contributed by atoms with Crippen LogP contribution in [0.5, 0.6) is 0 Å². The smallest absolute Gasteiger partial charge is 0.150 e. The molecule has 6 heterocycles. The Bertz CT molecular complexity index is 1100. The van der Waals surface area contributed by atoms with Gasteiger partial charge in [0.05, 0.1) is 22.4 Å². The molecule has 0 aromatic carbocycles. The molecule has 3 aliphatic rings. The Hall–Kier alpha value is -1.99. The van der Waals surface area contributed by atoms with E-state index in [4.69, 9.17) is 14.7 Å². The van der Waals surface area contributed by atoms with E-state index in [0.29, 0.717) is 6.61 Å².